The summed E-state index contributed by atoms with van der Waals surface area (Å²) >= 11 is 1.32. The number of piperidine rings is 1. The van der Waals surface area contributed by atoms with E-state index in [1.165, 1.54) is 34.9 Å². The van der Waals surface area contributed by atoms with Crippen LogP contribution < -0.4 is 0 Å². The highest BCUT2D eigenvalue weighted by Gasteiger charge is 2.37. The Labute approximate surface area is 228 Å². The van der Waals surface area contributed by atoms with Gasteiger partial charge in [-0.3, -0.25) is 4.79 Å². The zero-order chi connectivity index (χ0) is 28.4. The molecule has 1 aliphatic heterocycles. The third-order valence-electron chi connectivity index (χ3n) is 6.65. The van der Waals surface area contributed by atoms with E-state index in [2.05, 4.69) is 0 Å². The molecule has 2 heterocycles. The highest BCUT2D eigenvalue weighted by Crippen LogP contribution is 2.32. The van der Waals surface area contributed by atoms with E-state index in [0.717, 1.165) is 29.8 Å². The molecule has 0 radical (unpaired) electrons. The summed E-state index contributed by atoms with van der Waals surface area (Å²) in [6.07, 6.45) is -3.58. The van der Waals surface area contributed by atoms with E-state index in [4.69, 9.17) is 4.74 Å². The van der Waals surface area contributed by atoms with Gasteiger partial charge in [0.15, 0.2) is 0 Å². The largest absolute Gasteiger partial charge is 0.465 e. The minimum atomic E-state index is -4.60. The average molecular weight is 581 g/mol. The number of sulfonamides is 1. The molecule has 0 N–H and O–H groups in total. The molecule has 3 aromatic rings. The fourth-order valence-electron chi connectivity index (χ4n) is 4.52. The number of thiophene rings is 1. The third kappa shape index (κ3) is 6.34. The number of amides is 1. The van der Waals surface area contributed by atoms with Crippen LogP contribution in [0.4, 0.5) is 13.2 Å². The van der Waals surface area contributed by atoms with Crippen LogP contribution in [0.2, 0.25) is 0 Å². The van der Waals surface area contributed by atoms with Crippen molar-refractivity contribution in [2.75, 3.05) is 20.2 Å². The van der Waals surface area contributed by atoms with E-state index < -0.39 is 33.8 Å². The smallest absolute Gasteiger partial charge is 0.416 e. The zero-order valence-corrected chi connectivity index (χ0v) is 22.9. The molecule has 1 aromatic heterocycles. The standard InChI is InChI=1S/C27H27F3N2O5S2/c1-18-13-15-38-24(18)25(33)31-14-3-4-22(17-31)32(16-19-5-7-20(8-6-19)26(34)37-2)39(35,36)23-11-9-21(10-12-23)27(28,29)30/h5-13,15,22H,3-4,14,16-17H2,1-2H3. The van der Waals surface area contributed by atoms with Gasteiger partial charge >= 0.3 is 12.1 Å². The summed E-state index contributed by atoms with van der Waals surface area (Å²) in [7, 11) is -3.01. The summed E-state index contributed by atoms with van der Waals surface area (Å²) in [5.41, 5.74) is 0.744. The lowest BCUT2D eigenvalue weighted by atomic mass is 10.0. The van der Waals surface area contributed by atoms with Crippen LogP contribution in [0.1, 0.15) is 49.6 Å². The summed E-state index contributed by atoms with van der Waals surface area (Å²) in [5, 5.41) is 1.82. The van der Waals surface area contributed by atoms with Crippen LogP contribution in [0.15, 0.2) is 64.9 Å². The van der Waals surface area contributed by atoms with Gasteiger partial charge in [-0.25, -0.2) is 13.2 Å². The zero-order valence-electron chi connectivity index (χ0n) is 21.3. The molecular formula is C27H27F3N2O5S2. The highest BCUT2D eigenvalue weighted by atomic mass is 32.2. The molecule has 1 amide bonds. The normalized spacial score (nSPS) is 16.4. The Morgan fingerprint density at radius 1 is 1.08 bits per heavy atom. The fourth-order valence-corrected chi connectivity index (χ4v) is 7.04. The summed E-state index contributed by atoms with van der Waals surface area (Å²) in [6.45, 7) is 2.34. The molecule has 0 spiro atoms. The number of alkyl halides is 3. The molecule has 0 aliphatic carbocycles. The molecule has 12 heteroatoms. The lowest BCUT2D eigenvalue weighted by Gasteiger charge is -2.38. The Hall–Kier alpha value is -3.22. The number of esters is 1. The van der Waals surface area contributed by atoms with Gasteiger partial charge in [-0.2, -0.15) is 17.5 Å². The quantitative estimate of drug-likeness (QED) is 0.352. The lowest BCUT2D eigenvalue weighted by molar-refractivity contribution is -0.137. The second kappa shape index (κ2) is 11.5. The van der Waals surface area contributed by atoms with Gasteiger partial charge < -0.3 is 9.64 Å². The first kappa shape index (κ1) is 28.8. The predicted molar refractivity (Wildman–Crippen MR) is 140 cm³/mol. The van der Waals surface area contributed by atoms with Gasteiger partial charge in [-0.05, 0) is 78.7 Å². The van der Waals surface area contributed by atoms with Crippen LogP contribution in [-0.4, -0.2) is 55.7 Å². The van der Waals surface area contributed by atoms with E-state index in [1.807, 2.05) is 18.4 Å². The first-order valence-electron chi connectivity index (χ1n) is 12.1. The van der Waals surface area contributed by atoms with E-state index in [1.54, 1.807) is 17.0 Å². The minimum absolute atomic E-state index is 0.102. The number of benzene rings is 2. The van der Waals surface area contributed by atoms with Crippen LogP contribution in [-0.2, 0) is 27.5 Å². The highest BCUT2D eigenvalue weighted by molar-refractivity contribution is 7.89. The number of carbonyl (C=O) groups excluding carboxylic acids is 2. The molecule has 0 saturated carbocycles. The first-order chi connectivity index (χ1) is 18.4. The third-order valence-corrected chi connectivity index (χ3v) is 9.57. The van der Waals surface area contributed by atoms with Crippen LogP contribution in [0.5, 0.6) is 0 Å². The second-order valence-electron chi connectivity index (χ2n) is 9.24. The molecule has 1 unspecified atom stereocenters. The Bertz CT molecular complexity index is 1440. The van der Waals surface area contributed by atoms with Gasteiger partial charge in [0, 0.05) is 25.7 Å². The molecule has 39 heavy (non-hydrogen) atoms. The summed E-state index contributed by atoms with van der Waals surface area (Å²) in [5.74, 6) is -0.720. The van der Waals surface area contributed by atoms with Crippen molar-refractivity contribution in [1.29, 1.82) is 0 Å². The number of likely N-dealkylation sites (tertiary alicyclic amines) is 1. The van der Waals surface area contributed by atoms with E-state index >= 15 is 0 Å². The monoisotopic (exact) mass is 580 g/mol. The maximum atomic E-state index is 13.8. The molecule has 1 atom stereocenters. The van der Waals surface area contributed by atoms with Crippen molar-refractivity contribution in [3.8, 4) is 0 Å². The second-order valence-corrected chi connectivity index (χ2v) is 12.0. The first-order valence-corrected chi connectivity index (χ1v) is 14.4. The number of nitrogens with zero attached hydrogens (tertiary/aromatic N) is 2. The van der Waals surface area contributed by atoms with Gasteiger partial charge in [0.05, 0.1) is 28.0 Å². The van der Waals surface area contributed by atoms with Crippen molar-refractivity contribution < 1.29 is 35.9 Å². The van der Waals surface area contributed by atoms with Gasteiger partial charge in [0.1, 0.15) is 0 Å². The molecule has 2 aromatic carbocycles. The number of methoxy groups -OCH3 is 1. The number of rotatable bonds is 7. The number of hydrogen-bond donors (Lipinski definition) is 0. The van der Waals surface area contributed by atoms with Crippen LogP contribution in [0.3, 0.4) is 0 Å². The molecule has 1 fully saturated rings. The van der Waals surface area contributed by atoms with Crippen LogP contribution in [0, 0.1) is 6.92 Å². The summed E-state index contributed by atoms with van der Waals surface area (Å²) in [4.78, 5) is 27.0. The van der Waals surface area contributed by atoms with Crippen molar-refractivity contribution in [3.63, 3.8) is 0 Å². The number of halogens is 3. The van der Waals surface area contributed by atoms with E-state index in [-0.39, 0.29) is 23.9 Å². The molecule has 7 nitrogen and oxygen atoms in total. The van der Waals surface area contributed by atoms with Crippen molar-refractivity contribution >= 4 is 33.2 Å². The molecule has 1 saturated heterocycles. The van der Waals surface area contributed by atoms with Crippen LogP contribution >= 0.6 is 11.3 Å². The fraction of sp³-hybridized carbons (Fsp3) is 0.333. The SMILES string of the molecule is COC(=O)c1ccc(CN(C2CCCN(C(=O)c3sccc3C)C2)S(=O)(=O)c2ccc(C(F)(F)F)cc2)cc1. The average Bonchev–Trinajstić information content (AvgIpc) is 3.36. The Morgan fingerprint density at radius 2 is 1.74 bits per heavy atom. The molecular weight excluding hydrogens is 553 g/mol. The minimum Gasteiger partial charge on any atom is -0.465 e. The topological polar surface area (TPSA) is 84.0 Å². The molecule has 4 rings (SSSR count). The number of aryl methyl sites for hydroxylation is 1. The summed E-state index contributed by atoms with van der Waals surface area (Å²) < 4.78 is 72.9. The van der Waals surface area contributed by atoms with Gasteiger partial charge in [-0.15, -0.1) is 11.3 Å². The van der Waals surface area contributed by atoms with Gasteiger partial charge in [0.2, 0.25) is 10.0 Å². The lowest BCUT2D eigenvalue weighted by Crippen LogP contribution is -2.51. The van der Waals surface area contributed by atoms with Crippen molar-refractivity contribution in [2.24, 2.45) is 0 Å². The predicted octanol–water partition coefficient (Wildman–Crippen LogP) is 5.36. The van der Waals surface area contributed by atoms with Crippen molar-refractivity contribution in [2.45, 2.75) is 43.4 Å². The van der Waals surface area contributed by atoms with E-state index in [9.17, 15) is 31.2 Å². The summed E-state index contributed by atoms with van der Waals surface area (Å²) in [6, 6.07) is 10.8. The van der Waals surface area contributed by atoms with Gasteiger partial charge in [-0.1, -0.05) is 12.1 Å². The van der Waals surface area contributed by atoms with Crippen molar-refractivity contribution in [1.82, 2.24) is 9.21 Å². The molecule has 0 bridgehead atoms. The van der Waals surface area contributed by atoms with Crippen LogP contribution in [0.25, 0.3) is 0 Å². The molecule has 1 aliphatic rings. The Morgan fingerprint density at radius 3 is 2.31 bits per heavy atom. The maximum Gasteiger partial charge on any atom is 0.416 e. The van der Waals surface area contributed by atoms with E-state index in [0.29, 0.717) is 35.4 Å². The number of ether oxygens (including phenoxy) is 1. The Kier molecular flexibility index (Phi) is 8.48. The maximum absolute atomic E-state index is 13.8. The van der Waals surface area contributed by atoms with Gasteiger partial charge in [0.25, 0.3) is 5.91 Å². The number of hydrogen-bond acceptors (Lipinski definition) is 6. The molecule has 208 valence electrons. The Balaban J connectivity index is 1.67. The number of carbonyl (C=O) groups is 2. The van der Waals surface area contributed by atoms with Crippen molar-refractivity contribution in [3.05, 3.63) is 87.1 Å².